The minimum absolute atomic E-state index is 0.0544. The summed E-state index contributed by atoms with van der Waals surface area (Å²) >= 11 is 1.76. The number of carbonyl (C=O) groups is 1. The van der Waals surface area contributed by atoms with Crippen molar-refractivity contribution in [3.63, 3.8) is 0 Å². The SMILES string of the molecule is N#Cc1ccc(NCCCC[C@H](N)C(=O)N2CCSC2)cc1C#N. The molecule has 0 bridgehead atoms. The van der Waals surface area contributed by atoms with Crippen LogP contribution in [0.3, 0.4) is 0 Å². The molecular formula is C17H21N5OS. The fraction of sp³-hybridized carbons (Fsp3) is 0.471. The van der Waals surface area contributed by atoms with Crippen molar-refractivity contribution in [2.45, 2.75) is 25.3 Å². The summed E-state index contributed by atoms with van der Waals surface area (Å²) in [4.78, 5) is 13.9. The molecule has 0 aromatic heterocycles. The van der Waals surface area contributed by atoms with Gasteiger partial charge in [-0.1, -0.05) is 0 Å². The van der Waals surface area contributed by atoms with E-state index in [-0.39, 0.29) is 5.91 Å². The number of benzene rings is 1. The summed E-state index contributed by atoms with van der Waals surface area (Å²) in [5.41, 5.74) is 7.55. The van der Waals surface area contributed by atoms with Gasteiger partial charge in [0, 0.05) is 24.5 Å². The maximum absolute atomic E-state index is 12.1. The molecule has 0 aliphatic carbocycles. The van der Waals surface area contributed by atoms with Crippen molar-refractivity contribution in [2.75, 3.05) is 30.0 Å². The van der Waals surface area contributed by atoms with Gasteiger partial charge in [-0.3, -0.25) is 4.79 Å². The molecule has 1 atom stereocenters. The van der Waals surface area contributed by atoms with Gasteiger partial charge in [0.2, 0.25) is 5.91 Å². The smallest absolute Gasteiger partial charge is 0.240 e. The van der Waals surface area contributed by atoms with Gasteiger partial charge in [0.1, 0.15) is 12.1 Å². The highest BCUT2D eigenvalue weighted by atomic mass is 32.2. The lowest BCUT2D eigenvalue weighted by Crippen LogP contribution is -2.42. The highest BCUT2D eigenvalue weighted by Gasteiger charge is 2.23. The molecule has 1 saturated heterocycles. The van der Waals surface area contributed by atoms with Gasteiger partial charge in [-0.25, -0.2) is 0 Å². The number of anilines is 1. The Hall–Kier alpha value is -2.22. The van der Waals surface area contributed by atoms with E-state index in [0.717, 1.165) is 43.2 Å². The van der Waals surface area contributed by atoms with E-state index in [1.165, 1.54) is 0 Å². The van der Waals surface area contributed by atoms with E-state index < -0.39 is 6.04 Å². The molecule has 1 aromatic rings. The van der Waals surface area contributed by atoms with Crippen LogP contribution in [0.4, 0.5) is 5.69 Å². The van der Waals surface area contributed by atoms with Crippen LogP contribution in [0, 0.1) is 22.7 Å². The second-order valence-electron chi connectivity index (χ2n) is 5.65. The summed E-state index contributed by atoms with van der Waals surface area (Å²) in [5.74, 6) is 1.81. The van der Waals surface area contributed by atoms with Gasteiger partial charge in [-0.2, -0.15) is 10.5 Å². The van der Waals surface area contributed by atoms with E-state index in [0.29, 0.717) is 17.5 Å². The maximum Gasteiger partial charge on any atom is 0.240 e. The standard InChI is InChI=1S/C17H21N5OS/c18-10-13-4-5-15(9-14(13)11-19)21-6-2-1-3-16(20)17(23)22-7-8-24-12-22/h4-5,9,16,21H,1-3,6-8,12,20H2/t16-/m0/s1. The molecule has 24 heavy (non-hydrogen) atoms. The normalized spacial score (nSPS) is 14.7. The Morgan fingerprint density at radius 1 is 1.33 bits per heavy atom. The summed E-state index contributed by atoms with van der Waals surface area (Å²) in [5, 5.41) is 21.1. The average molecular weight is 343 g/mol. The molecule has 1 aliphatic rings. The van der Waals surface area contributed by atoms with Gasteiger partial charge in [-0.15, -0.1) is 11.8 Å². The molecule has 0 unspecified atom stereocenters. The molecule has 1 fully saturated rings. The highest BCUT2D eigenvalue weighted by molar-refractivity contribution is 7.99. The largest absolute Gasteiger partial charge is 0.385 e. The van der Waals surface area contributed by atoms with E-state index in [1.807, 2.05) is 17.0 Å². The zero-order chi connectivity index (χ0) is 17.4. The number of nitriles is 2. The van der Waals surface area contributed by atoms with Crippen molar-refractivity contribution in [2.24, 2.45) is 5.73 Å². The molecule has 1 amide bonds. The number of rotatable bonds is 7. The van der Waals surface area contributed by atoms with Crippen LogP contribution < -0.4 is 11.1 Å². The first-order valence-electron chi connectivity index (χ1n) is 7.96. The third-order valence-electron chi connectivity index (χ3n) is 3.91. The topological polar surface area (TPSA) is 106 Å². The van der Waals surface area contributed by atoms with E-state index in [2.05, 4.69) is 5.32 Å². The van der Waals surface area contributed by atoms with Crippen LogP contribution in [-0.4, -0.2) is 41.6 Å². The summed E-state index contributed by atoms with van der Waals surface area (Å²) < 4.78 is 0. The number of thioether (sulfide) groups is 1. The zero-order valence-corrected chi connectivity index (χ0v) is 14.3. The summed E-state index contributed by atoms with van der Waals surface area (Å²) in [6, 6.07) is 8.71. The van der Waals surface area contributed by atoms with E-state index in [4.69, 9.17) is 16.3 Å². The van der Waals surface area contributed by atoms with Crippen LogP contribution in [0.1, 0.15) is 30.4 Å². The van der Waals surface area contributed by atoms with Crippen LogP contribution in [0.5, 0.6) is 0 Å². The Labute approximate surface area is 146 Å². The van der Waals surface area contributed by atoms with Crippen LogP contribution in [0.15, 0.2) is 18.2 Å². The van der Waals surface area contributed by atoms with Crippen molar-refractivity contribution in [1.29, 1.82) is 10.5 Å². The lowest BCUT2D eigenvalue weighted by molar-refractivity contribution is -0.131. The minimum Gasteiger partial charge on any atom is -0.385 e. The van der Waals surface area contributed by atoms with Gasteiger partial charge in [0.15, 0.2) is 0 Å². The number of unbranched alkanes of at least 4 members (excludes halogenated alkanes) is 1. The van der Waals surface area contributed by atoms with Crippen molar-refractivity contribution < 1.29 is 4.79 Å². The molecule has 3 N–H and O–H groups in total. The maximum atomic E-state index is 12.1. The van der Waals surface area contributed by atoms with Crippen LogP contribution in [0.2, 0.25) is 0 Å². The second-order valence-corrected chi connectivity index (χ2v) is 6.73. The molecular weight excluding hydrogens is 322 g/mol. The Balaban J connectivity index is 1.69. The molecule has 126 valence electrons. The number of hydrogen-bond donors (Lipinski definition) is 2. The van der Waals surface area contributed by atoms with Crippen molar-refractivity contribution in [3.8, 4) is 12.1 Å². The minimum atomic E-state index is -0.413. The number of nitrogens with two attached hydrogens (primary N) is 1. The molecule has 0 spiro atoms. The lowest BCUT2D eigenvalue weighted by atomic mass is 10.1. The average Bonchev–Trinajstić information content (AvgIpc) is 3.14. The fourth-order valence-electron chi connectivity index (χ4n) is 2.51. The molecule has 6 nitrogen and oxygen atoms in total. The van der Waals surface area contributed by atoms with E-state index in [1.54, 1.807) is 30.0 Å². The fourth-order valence-corrected chi connectivity index (χ4v) is 3.47. The van der Waals surface area contributed by atoms with Gasteiger partial charge in [0.05, 0.1) is 23.0 Å². The zero-order valence-electron chi connectivity index (χ0n) is 13.5. The van der Waals surface area contributed by atoms with Gasteiger partial charge >= 0.3 is 0 Å². The molecule has 7 heteroatoms. The van der Waals surface area contributed by atoms with Crippen LogP contribution >= 0.6 is 11.8 Å². The van der Waals surface area contributed by atoms with Gasteiger partial charge in [-0.05, 0) is 37.5 Å². The van der Waals surface area contributed by atoms with E-state index >= 15 is 0 Å². The number of nitrogens with zero attached hydrogens (tertiary/aromatic N) is 3. The predicted octanol–water partition coefficient (Wildman–Crippen LogP) is 1.87. The van der Waals surface area contributed by atoms with Crippen LogP contribution in [0.25, 0.3) is 0 Å². The molecule has 1 heterocycles. The van der Waals surface area contributed by atoms with Gasteiger partial charge in [0.25, 0.3) is 0 Å². The number of amides is 1. The third kappa shape index (κ3) is 4.89. The first-order valence-corrected chi connectivity index (χ1v) is 9.11. The first kappa shape index (κ1) is 18.1. The Kier molecular flexibility index (Phi) is 6.92. The molecule has 1 aromatic carbocycles. The molecule has 2 rings (SSSR count). The Bertz CT molecular complexity index is 658. The third-order valence-corrected chi connectivity index (χ3v) is 4.88. The van der Waals surface area contributed by atoms with Gasteiger partial charge < -0.3 is 16.0 Å². The molecule has 0 radical (unpaired) electrons. The van der Waals surface area contributed by atoms with Crippen molar-refractivity contribution in [3.05, 3.63) is 29.3 Å². The number of carbonyl (C=O) groups excluding carboxylic acids is 1. The van der Waals surface area contributed by atoms with Crippen molar-refractivity contribution in [1.82, 2.24) is 4.90 Å². The highest BCUT2D eigenvalue weighted by Crippen LogP contribution is 2.16. The summed E-state index contributed by atoms with van der Waals surface area (Å²) in [6.45, 7) is 1.54. The summed E-state index contributed by atoms with van der Waals surface area (Å²) in [7, 11) is 0. The number of hydrogen-bond acceptors (Lipinski definition) is 6. The van der Waals surface area contributed by atoms with Crippen LogP contribution in [-0.2, 0) is 4.79 Å². The Morgan fingerprint density at radius 3 is 2.79 bits per heavy atom. The lowest BCUT2D eigenvalue weighted by Gasteiger charge is -2.19. The van der Waals surface area contributed by atoms with Crippen molar-refractivity contribution >= 4 is 23.4 Å². The predicted molar refractivity (Wildman–Crippen MR) is 95.2 cm³/mol. The van der Waals surface area contributed by atoms with E-state index in [9.17, 15) is 4.79 Å². The summed E-state index contributed by atoms with van der Waals surface area (Å²) in [6.07, 6.45) is 2.43. The quantitative estimate of drug-likeness (QED) is 0.732. The number of nitrogens with one attached hydrogen (secondary N) is 1. The second kappa shape index (κ2) is 9.17. The molecule has 1 aliphatic heterocycles. The first-order chi connectivity index (χ1) is 11.7. The monoisotopic (exact) mass is 343 g/mol. The molecule has 0 saturated carbocycles. The Morgan fingerprint density at radius 2 is 2.12 bits per heavy atom.